The van der Waals surface area contributed by atoms with Crippen LogP contribution in [0.4, 0.5) is 11.4 Å². The van der Waals surface area contributed by atoms with Crippen molar-refractivity contribution >= 4 is 33.2 Å². The van der Waals surface area contributed by atoms with Crippen molar-refractivity contribution in [3.05, 3.63) is 52.3 Å². The average Bonchev–Trinajstić information content (AvgIpc) is 2.43. The van der Waals surface area contributed by atoms with Gasteiger partial charge in [0.2, 0.25) is 0 Å². The molecule has 6 heteroatoms. The fourth-order valence-corrected chi connectivity index (χ4v) is 2.17. The lowest BCUT2D eigenvalue weighted by molar-refractivity contribution is 0.102. The minimum atomic E-state index is -0.291. The number of anilines is 2. The number of nitrogens with two attached hydrogens (primary N) is 1. The van der Waals surface area contributed by atoms with Crippen LogP contribution in [-0.2, 0) is 11.3 Å². The van der Waals surface area contributed by atoms with Crippen LogP contribution in [0.25, 0.3) is 0 Å². The van der Waals surface area contributed by atoms with E-state index in [9.17, 15) is 4.79 Å². The fourth-order valence-electron chi connectivity index (χ4n) is 1.69. The maximum absolute atomic E-state index is 12.1. The molecular weight excluding hydrogens is 322 g/mol. The van der Waals surface area contributed by atoms with Crippen molar-refractivity contribution < 1.29 is 9.53 Å². The molecule has 20 heavy (non-hydrogen) atoms. The van der Waals surface area contributed by atoms with Gasteiger partial charge in [0.1, 0.15) is 5.69 Å². The third kappa shape index (κ3) is 3.34. The van der Waals surface area contributed by atoms with Gasteiger partial charge in [0.15, 0.2) is 0 Å². The Morgan fingerprint density at radius 2 is 2.20 bits per heavy atom. The number of nitrogen functional groups attached to an aromatic ring is 1. The zero-order valence-electron chi connectivity index (χ0n) is 10.9. The molecule has 1 aromatic heterocycles. The second-order valence-corrected chi connectivity index (χ2v) is 4.98. The number of nitrogens with zero attached hydrogens (tertiary/aromatic N) is 1. The number of pyridine rings is 1. The standard InChI is InChI=1S/C14H14BrN3O2/c1-20-8-10-11(15)3-2-4-12(10)18-14(19)13-6-5-9(16)7-17-13/h2-7H,8,16H2,1H3,(H,18,19). The molecule has 0 spiro atoms. The summed E-state index contributed by atoms with van der Waals surface area (Å²) in [5, 5.41) is 2.82. The number of hydrogen-bond donors (Lipinski definition) is 2. The Morgan fingerprint density at radius 1 is 1.40 bits per heavy atom. The SMILES string of the molecule is COCc1c(Br)cccc1NC(=O)c1ccc(N)cn1. The summed E-state index contributed by atoms with van der Waals surface area (Å²) < 4.78 is 6.02. The molecule has 2 aromatic rings. The summed E-state index contributed by atoms with van der Waals surface area (Å²) in [6, 6.07) is 8.77. The second kappa shape index (κ2) is 6.49. The van der Waals surface area contributed by atoms with Gasteiger partial charge in [-0.05, 0) is 24.3 Å². The van der Waals surface area contributed by atoms with Gasteiger partial charge in [-0.25, -0.2) is 4.98 Å². The first-order valence-electron chi connectivity index (χ1n) is 5.91. The van der Waals surface area contributed by atoms with E-state index in [1.807, 2.05) is 18.2 Å². The van der Waals surface area contributed by atoms with Crippen molar-refractivity contribution in [3.8, 4) is 0 Å². The highest BCUT2D eigenvalue weighted by molar-refractivity contribution is 9.10. The second-order valence-electron chi connectivity index (χ2n) is 4.13. The van der Waals surface area contributed by atoms with Crippen LogP contribution in [0, 0.1) is 0 Å². The van der Waals surface area contributed by atoms with E-state index in [2.05, 4.69) is 26.2 Å². The number of carbonyl (C=O) groups is 1. The van der Waals surface area contributed by atoms with Crippen LogP contribution in [0.2, 0.25) is 0 Å². The Labute approximate surface area is 125 Å². The lowest BCUT2D eigenvalue weighted by Crippen LogP contribution is -2.15. The van der Waals surface area contributed by atoms with Crippen LogP contribution in [0.5, 0.6) is 0 Å². The van der Waals surface area contributed by atoms with Crippen molar-refractivity contribution in [1.82, 2.24) is 4.98 Å². The van der Waals surface area contributed by atoms with E-state index in [1.54, 1.807) is 19.2 Å². The van der Waals surface area contributed by atoms with Gasteiger partial charge in [-0.2, -0.15) is 0 Å². The lowest BCUT2D eigenvalue weighted by atomic mass is 10.2. The van der Waals surface area contributed by atoms with Gasteiger partial charge >= 0.3 is 0 Å². The van der Waals surface area contributed by atoms with Crippen LogP contribution in [0.15, 0.2) is 41.0 Å². The molecule has 1 aromatic carbocycles. The summed E-state index contributed by atoms with van der Waals surface area (Å²) in [5.41, 5.74) is 7.93. The molecule has 1 amide bonds. The summed E-state index contributed by atoms with van der Waals surface area (Å²) in [7, 11) is 1.60. The quantitative estimate of drug-likeness (QED) is 0.900. The number of benzene rings is 1. The summed E-state index contributed by atoms with van der Waals surface area (Å²) in [6.07, 6.45) is 1.45. The van der Waals surface area contributed by atoms with Gasteiger partial charge in [-0.1, -0.05) is 22.0 Å². The van der Waals surface area contributed by atoms with Crippen LogP contribution < -0.4 is 11.1 Å². The van der Waals surface area contributed by atoms with E-state index in [0.717, 1.165) is 10.0 Å². The van der Waals surface area contributed by atoms with Crippen molar-refractivity contribution in [2.75, 3.05) is 18.2 Å². The first-order chi connectivity index (χ1) is 9.61. The van der Waals surface area contributed by atoms with Crippen molar-refractivity contribution in [2.24, 2.45) is 0 Å². The summed E-state index contributed by atoms with van der Waals surface area (Å²) in [4.78, 5) is 16.1. The highest BCUT2D eigenvalue weighted by Gasteiger charge is 2.12. The van der Waals surface area contributed by atoms with Crippen molar-refractivity contribution in [1.29, 1.82) is 0 Å². The smallest absolute Gasteiger partial charge is 0.274 e. The number of hydrogen-bond acceptors (Lipinski definition) is 4. The Morgan fingerprint density at radius 3 is 2.85 bits per heavy atom. The predicted molar refractivity (Wildman–Crippen MR) is 81.5 cm³/mol. The zero-order valence-corrected chi connectivity index (χ0v) is 12.5. The first kappa shape index (κ1) is 14.5. The third-order valence-corrected chi connectivity index (χ3v) is 3.42. The molecule has 0 bridgehead atoms. The molecule has 0 aliphatic rings. The van der Waals surface area contributed by atoms with Crippen LogP contribution in [-0.4, -0.2) is 18.0 Å². The number of rotatable bonds is 4. The first-order valence-corrected chi connectivity index (χ1v) is 6.70. The molecule has 104 valence electrons. The Kier molecular flexibility index (Phi) is 4.70. The monoisotopic (exact) mass is 335 g/mol. The number of halogens is 1. The number of methoxy groups -OCH3 is 1. The molecule has 1 heterocycles. The predicted octanol–water partition coefficient (Wildman–Crippen LogP) is 2.83. The largest absolute Gasteiger partial charge is 0.397 e. The molecule has 0 fully saturated rings. The van der Waals surface area contributed by atoms with Crippen molar-refractivity contribution in [3.63, 3.8) is 0 Å². The summed E-state index contributed by atoms with van der Waals surface area (Å²) in [5.74, 6) is -0.291. The van der Waals surface area contributed by atoms with E-state index in [-0.39, 0.29) is 5.91 Å². The maximum atomic E-state index is 12.1. The van der Waals surface area contributed by atoms with Gasteiger partial charge in [-0.3, -0.25) is 4.79 Å². The van der Waals surface area contributed by atoms with Gasteiger partial charge in [-0.15, -0.1) is 0 Å². The normalized spacial score (nSPS) is 10.3. The molecule has 0 aliphatic heterocycles. The molecule has 0 aliphatic carbocycles. The Hall–Kier alpha value is -1.92. The fraction of sp³-hybridized carbons (Fsp3) is 0.143. The summed E-state index contributed by atoms with van der Waals surface area (Å²) >= 11 is 3.44. The van der Waals surface area contributed by atoms with Gasteiger partial charge in [0, 0.05) is 22.8 Å². The molecule has 0 unspecified atom stereocenters. The minimum Gasteiger partial charge on any atom is -0.397 e. The van der Waals surface area contributed by atoms with Crippen LogP contribution >= 0.6 is 15.9 Å². The highest BCUT2D eigenvalue weighted by atomic mass is 79.9. The molecule has 5 nitrogen and oxygen atoms in total. The molecular formula is C14H14BrN3O2. The van der Waals surface area contributed by atoms with Crippen LogP contribution in [0.1, 0.15) is 16.1 Å². The van der Waals surface area contributed by atoms with E-state index in [0.29, 0.717) is 23.7 Å². The van der Waals surface area contributed by atoms with Gasteiger partial charge in [0.05, 0.1) is 18.5 Å². The number of amides is 1. The van der Waals surface area contributed by atoms with Crippen LogP contribution in [0.3, 0.4) is 0 Å². The number of ether oxygens (including phenoxy) is 1. The zero-order chi connectivity index (χ0) is 14.5. The van der Waals surface area contributed by atoms with E-state index in [4.69, 9.17) is 10.5 Å². The number of carbonyl (C=O) groups excluding carboxylic acids is 1. The highest BCUT2D eigenvalue weighted by Crippen LogP contribution is 2.25. The lowest BCUT2D eigenvalue weighted by Gasteiger charge is -2.12. The number of aromatic nitrogens is 1. The average molecular weight is 336 g/mol. The molecule has 0 saturated heterocycles. The Bertz CT molecular complexity index is 614. The molecule has 0 radical (unpaired) electrons. The number of nitrogens with one attached hydrogen (secondary N) is 1. The maximum Gasteiger partial charge on any atom is 0.274 e. The van der Waals surface area contributed by atoms with E-state index < -0.39 is 0 Å². The minimum absolute atomic E-state index is 0.291. The molecule has 3 N–H and O–H groups in total. The molecule has 0 atom stereocenters. The molecule has 2 rings (SSSR count). The summed E-state index contributed by atoms with van der Waals surface area (Å²) in [6.45, 7) is 0.395. The topological polar surface area (TPSA) is 77.2 Å². The van der Waals surface area contributed by atoms with E-state index in [1.165, 1.54) is 6.20 Å². The van der Waals surface area contributed by atoms with E-state index >= 15 is 0 Å². The Balaban J connectivity index is 2.23. The third-order valence-electron chi connectivity index (χ3n) is 2.67. The van der Waals surface area contributed by atoms with Crippen molar-refractivity contribution in [2.45, 2.75) is 6.61 Å². The van der Waals surface area contributed by atoms with Gasteiger partial charge < -0.3 is 15.8 Å². The van der Waals surface area contributed by atoms with Gasteiger partial charge in [0.25, 0.3) is 5.91 Å². The molecule has 0 saturated carbocycles.